The smallest absolute Gasteiger partial charge is 0.266 e. The Kier molecular flexibility index (Phi) is 7.21. The molecule has 1 aromatic carbocycles. The first kappa shape index (κ1) is 24.1. The third-order valence-corrected chi connectivity index (χ3v) is 7.66. The zero-order valence-electron chi connectivity index (χ0n) is 17.9. The fourth-order valence-corrected chi connectivity index (χ4v) is 6.11. The van der Waals surface area contributed by atoms with Crippen molar-refractivity contribution in [2.45, 2.75) is 67.8 Å². The van der Waals surface area contributed by atoms with Crippen molar-refractivity contribution in [2.24, 2.45) is 5.14 Å². The van der Waals surface area contributed by atoms with E-state index in [1.165, 1.54) is 30.8 Å². The quantitative estimate of drug-likeness (QED) is 0.618. The standard InChI is InChI=1S/C21H27N3O6S2/c1-14(2)30-17-12-16(13-23-20(17)15-8-4-3-5-9-15)21(25)24-32(28,29)19-11-7-6-10-18(19)31(22,26)27/h6-7,10-15H,3-5,8-9H2,1-2H3,(H,24,25)(H2,22,26,27). The zero-order chi connectivity index (χ0) is 23.5. The molecule has 0 aliphatic heterocycles. The van der Waals surface area contributed by atoms with Gasteiger partial charge in [0, 0.05) is 12.1 Å². The number of hydrogen-bond donors (Lipinski definition) is 2. The molecule has 1 amide bonds. The average Bonchev–Trinajstić information content (AvgIpc) is 2.73. The molecule has 0 unspecified atom stereocenters. The fraction of sp³-hybridized carbons (Fsp3) is 0.429. The molecule has 1 heterocycles. The Labute approximate surface area is 188 Å². The molecular formula is C21H27N3O6S2. The molecule has 0 spiro atoms. The van der Waals surface area contributed by atoms with Crippen LogP contribution in [0.3, 0.4) is 0 Å². The summed E-state index contributed by atoms with van der Waals surface area (Å²) in [4.78, 5) is 16.0. The average molecular weight is 482 g/mol. The summed E-state index contributed by atoms with van der Waals surface area (Å²) < 4.78 is 56.8. The molecule has 9 nitrogen and oxygen atoms in total. The van der Waals surface area contributed by atoms with Crippen molar-refractivity contribution >= 4 is 26.0 Å². The van der Waals surface area contributed by atoms with Crippen molar-refractivity contribution in [1.82, 2.24) is 9.71 Å². The van der Waals surface area contributed by atoms with Gasteiger partial charge in [0.1, 0.15) is 15.5 Å². The highest BCUT2D eigenvalue weighted by molar-refractivity contribution is 7.92. The van der Waals surface area contributed by atoms with E-state index < -0.39 is 35.7 Å². The first-order valence-electron chi connectivity index (χ1n) is 10.3. The largest absolute Gasteiger partial charge is 0.489 e. The molecular weight excluding hydrogens is 454 g/mol. The molecule has 1 aliphatic carbocycles. The number of benzene rings is 1. The van der Waals surface area contributed by atoms with Gasteiger partial charge in [-0.2, -0.15) is 0 Å². The lowest BCUT2D eigenvalue weighted by molar-refractivity contribution is 0.0980. The molecule has 0 radical (unpaired) electrons. The number of sulfonamides is 2. The molecule has 1 fully saturated rings. The lowest BCUT2D eigenvalue weighted by atomic mass is 9.86. The van der Waals surface area contributed by atoms with E-state index in [4.69, 9.17) is 9.88 Å². The number of hydrogen-bond acceptors (Lipinski definition) is 7. The van der Waals surface area contributed by atoms with Gasteiger partial charge in [0.05, 0.1) is 17.4 Å². The monoisotopic (exact) mass is 481 g/mol. The molecule has 11 heteroatoms. The number of rotatable bonds is 7. The SMILES string of the molecule is CC(C)Oc1cc(C(=O)NS(=O)(=O)c2ccccc2S(N)(=O)=O)cnc1C1CCCCC1. The van der Waals surface area contributed by atoms with Crippen molar-refractivity contribution in [1.29, 1.82) is 0 Å². The van der Waals surface area contributed by atoms with E-state index in [2.05, 4.69) is 4.98 Å². The number of ether oxygens (including phenoxy) is 1. The molecule has 1 aliphatic rings. The van der Waals surface area contributed by atoms with Crippen LogP contribution >= 0.6 is 0 Å². The van der Waals surface area contributed by atoms with Crippen LogP contribution in [0.15, 0.2) is 46.3 Å². The highest BCUT2D eigenvalue weighted by Crippen LogP contribution is 2.37. The number of pyridine rings is 1. The first-order valence-corrected chi connectivity index (χ1v) is 13.4. The van der Waals surface area contributed by atoms with Crippen LogP contribution in [-0.4, -0.2) is 33.8 Å². The van der Waals surface area contributed by atoms with E-state index in [0.717, 1.165) is 43.5 Å². The number of primary sulfonamides is 1. The highest BCUT2D eigenvalue weighted by atomic mass is 32.2. The fourth-order valence-electron chi connectivity index (χ4n) is 3.75. The van der Waals surface area contributed by atoms with Crippen LogP contribution in [0.4, 0.5) is 0 Å². The van der Waals surface area contributed by atoms with E-state index in [1.54, 1.807) is 0 Å². The molecule has 0 saturated heterocycles. The minimum Gasteiger partial charge on any atom is -0.489 e. The maximum Gasteiger partial charge on any atom is 0.266 e. The van der Waals surface area contributed by atoms with Gasteiger partial charge in [-0.1, -0.05) is 31.4 Å². The molecule has 0 bridgehead atoms. The van der Waals surface area contributed by atoms with Crippen LogP contribution in [-0.2, 0) is 20.0 Å². The summed E-state index contributed by atoms with van der Waals surface area (Å²) in [7, 11) is -8.83. The van der Waals surface area contributed by atoms with Crippen molar-refractivity contribution in [3.05, 3.63) is 47.8 Å². The van der Waals surface area contributed by atoms with Crippen LogP contribution in [0, 0.1) is 0 Å². The molecule has 32 heavy (non-hydrogen) atoms. The van der Waals surface area contributed by atoms with Crippen molar-refractivity contribution in [3.8, 4) is 5.75 Å². The minimum atomic E-state index is -4.52. The van der Waals surface area contributed by atoms with E-state index in [-0.39, 0.29) is 17.6 Å². The van der Waals surface area contributed by atoms with Gasteiger partial charge in [-0.25, -0.2) is 26.7 Å². The zero-order valence-corrected chi connectivity index (χ0v) is 19.6. The molecule has 174 valence electrons. The van der Waals surface area contributed by atoms with Gasteiger partial charge in [0.2, 0.25) is 10.0 Å². The lowest BCUT2D eigenvalue weighted by Gasteiger charge is -2.24. The number of nitrogens with two attached hydrogens (primary N) is 1. The second-order valence-corrected chi connectivity index (χ2v) is 11.2. The Morgan fingerprint density at radius 3 is 2.31 bits per heavy atom. The normalized spacial score (nSPS) is 15.5. The van der Waals surface area contributed by atoms with Crippen molar-refractivity contribution < 1.29 is 26.4 Å². The molecule has 3 N–H and O–H groups in total. The number of nitrogens with one attached hydrogen (secondary N) is 1. The van der Waals surface area contributed by atoms with E-state index >= 15 is 0 Å². The number of aromatic nitrogens is 1. The Hall–Kier alpha value is -2.50. The Morgan fingerprint density at radius 2 is 1.72 bits per heavy atom. The minimum absolute atomic E-state index is 0.0168. The third kappa shape index (κ3) is 5.64. The molecule has 2 aromatic rings. The van der Waals surface area contributed by atoms with Gasteiger partial charge >= 0.3 is 0 Å². The van der Waals surface area contributed by atoms with Gasteiger partial charge in [-0.05, 0) is 44.9 Å². The molecule has 1 saturated carbocycles. The summed E-state index contributed by atoms with van der Waals surface area (Å²) in [5.41, 5.74) is 0.745. The van der Waals surface area contributed by atoms with Crippen LogP contribution in [0.25, 0.3) is 0 Å². The summed E-state index contributed by atoms with van der Waals surface area (Å²) in [5, 5.41) is 5.12. The number of amides is 1. The molecule has 1 aromatic heterocycles. The summed E-state index contributed by atoms with van der Waals surface area (Å²) in [6, 6.07) is 6.27. The second-order valence-electron chi connectivity index (χ2n) is 8.04. The van der Waals surface area contributed by atoms with Crippen molar-refractivity contribution in [2.75, 3.05) is 0 Å². The molecule has 3 rings (SSSR count). The van der Waals surface area contributed by atoms with Gasteiger partial charge in [0.15, 0.2) is 0 Å². The highest BCUT2D eigenvalue weighted by Gasteiger charge is 2.27. The van der Waals surface area contributed by atoms with Crippen LogP contribution in [0.1, 0.15) is 67.9 Å². The van der Waals surface area contributed by atoms with E-state index in [1.807, 2.05) is 18.6 Å². The van der Waals surface area contributed by atoms with Gasteiger partial charge in [-0.3, -0.25) is 9.78 Å². The van der Waals surface area contributed by atoms with Crippen LogP contribution in [0.2, 0.25) is 0 Å². The van der Waals surface area contributed by atoms with E-state index in [0.29, 0.717) is 5.75 Å². The maximum atomic E-state index is 12.8. The number of nitrogens with zero attached hydrogens (tertiary/aromatic N) is 1. The van der Waals surface area contributed by atoms with Gasteiger partial charge < -0.3 is 4.74 Å². The Bertz CT molecular complexity index is 1200. The Morgan fingerprint density at radius 1 is 1.09 bits per heavy atom. The Balaban J connectivity index is 1.92. The van der Waals surface area contributed by atoms with Crippen LogP contribution in [0.5, 0.6) is 5.75 Å². The first-order chi connectivity index (χ1) is 15.0. The second kappa shape index (κ2) is 9.55. The lowest BCUT2D eigenvalue weighted by Crippen LogP contribution is -2.32. The summed E-state index contributed by atoms with van der Waals surface area (Å²) in [6.45, 7) is 3.71. The number of carbonyl (C=O) groups excluding carboxylic acids is 1. The summed E-state index contributed by atoms with van der Waals surface area (Å²) in [5.74, 6) is -0.285. The number of carbonyl (C=O) groups is 1. The van der Waals surface area contributed by atoms with Crippen molar-refractivity contribution in [3.63, 3.8) is 0 Å². The predicted octanol–water partition coefficient (Wildman–Crippen LogP) is 2.68. The molecule has 0 atom stereocenters. The third-order valence-electron chi connectivity index (χ3n) is 5.17. The summed E-state index contributed by atoms with van der Waals surface area (Å²) >= 11 is 0. The predicted molar refractivity (Wildman–Crippen MR) is 118 cm³/mol. The van der Waals surface area contributed by atoms with Gasteiger partial charge in [-0.15, -0.1) is 0 Å². The maximum absolute atomic E-state index is 12.8. The van der Waals surface area contributed by atoms with Gasteiger partial charge in [0.25, 0.3) is 15.9 Å². The summed E-state index contributed by atoms with van der Waals surface area (Å²) in [6.07, 6.45) is 6.47. The van der Waals surface area contributed by atoms with E-state index in [9.17, 15) is 21.6 Å². The topological polar surface area (TPSA) is 146 Å². The van der Waals surface area contributed by atoms with Crippen LogP contribution < -0.4 is 14.6 Å².